The molecule has 0 aromatic heterocycles. The van der Waals surface area contributed by atoms with E-state index in [1.165, 1.54) is 24.0 Å². The summed E-state index contributed by atoms with van der Waals surface area (Å²) in [4.78, 5) is 12.6. The topological polar surface area (TPSA) is 46.2 Å². The van der Waals surface area contributed by atoms with E-state index in [9.17, 15) is 9.00 Å². The molecular weight excluding hydrogens is 318 g/mol. The van der Waals surface area contributed by atoms with E-state index in [0.717, 1.165) is 29.7 Å². The summed E-state index contributed by atoms with van der Waals surface area (Å²) in [6.07, 6.45) is 6.31. The molecule has 2 aromatic rings. The number of carbonyl (C=O) groups excluding carboxylic acids is 1. The van der Waals surface area contributed by atoms with E-state index in [2.05, 4.69) is 11.4 Å². The van der Waals surface area contributed by atoms with Crippen molar-refractivity contribution in [2.75, 3.05) is 11.6 Å². The lowest BCUT2D eigenvalue weighted by Gasteiger charge is -2.17. The molecule has 4 heteroatoms. The number of hydrogen-bond donors (Lipinski definition) is 1. The maximum Gasteiger partial charge on any atom is 0.255 e. The second-order valence-electron chi connectivity index (χ2n) is 6.45. The van der Waals surface area contributed by atoms with E-state index in [1.807, 2.05) is 37.3 Å². The van der Waals surface area contributed by atoms with Crippen LogP contribution in [0.4, 0.5) is 5.69 Å². The van der Waals surface area contributed by atoms with Gasteiger partial charge in [-0.3, -0.25) is 9.00 Å². The second-order valence-corrected chi connectivity index (χ2v) is 7.89. The highest BCUT2D eigenvalue weighted by Gasteiger charge is 2.14. The zero-order chi connectivity index (χ0) is 17.1. The number of rotatable bonds is 4. The van der Waals surface area contributed by atoms with Gasteiger partial charge in [0, 0.05) is 34.1 Å². The van der Waals surface area contributed by atoms with Crippen LogP contribution in [-0.2, 0) is 29.4 Å². The third-order valence-electron chi connectivity index (χ3n) is 4.66. The van der Waals surface area contributed by atoms with Crippen LogP contribution in [0, 0.1) is 6.92 Å². The Balaban J connectivity index is 1.81. The van der Waals surface area contributed by atoms with Gasteiger partial charge in [0.2, 0.25) is 0 Å². The molecule has 3 nitrogen and oxygen atoms in total. The zero-order valence-electron chi connectivity index (χ0n) is 14.2. The predicted molar refractivity (Wildman–Crippen MR) is 100.0 cm³/mol. The Hall–Kier alpha value is -1.94. The van der Waals surface area contributed by atoms with Gasteiger partial charge in [-0.25, -0.2) is 0 Å². The molecule has 1 aliphatic rings. The van der Waals surface area contributed by atoms with Crippen molar-refractivity contribution in [2.24, 2.45) is 0 Å². The minimum Gasteiger partial charge on any atom is -0.322 e. The number of amides is 1. The monoisotopic (exact) mass is 341 g/mol. The zero-order valence-corrected chi connectivity index (χ0v) is 15.0. The molecule has 0 bridgehead atoms. The molecule has 1 N–H and O–H groups in total. The summed E-state index contributed by atoms with van der Waals surface area (Å²) < 4.78 is 11.5. The van der Waals surface area contributed by atoms with E-state index in [4.69, 9.17) is 0 Å². The fraction of sp³-hybridized carbons (Fsp3) is 0.350. The van der Waals surface area contributed by atoms with Crippen molar-refractivity contribution in [1.82, 2.24) is 0 Å². The standard InChI is InChI=1S/C20H23NO2S/c1-14-18(13-24(2)23)8-5-9-19(14)21-20(22)17-11-10-15-6-3-4-7-16(15)12-17/h5,8-12H,3-4,6-7,13H2,1-2H3,(H,21,22). The van der Waals surface area contributed by atoms with Gasteiger partial charge in [0.05, 0.1) is 0 Å². The van der Waals surface area contributed by atoms with Crippen LogP contribution in [-0.4, -0.2) is 16.4 Å². The number of nitrogens with one attached hydrogen (secondary N) is 1. The Labute approximate surface area is 145 Å². The molecule has 1 aliphatic carbocycles. The van der Waals surface area contributed by atoms with Crippen LogP contribution in [0.25, 0.3) is 0 Å². The first-order valence-electron chi connectivity index (χ1n) is 8.36. The van der Waals surface area contributed by atoms with Crippen LogP contribution < -0.4 is 5.32 Å². The van der Waals surface area contributed by atoms with Crippen LogP contribution in [0.15, 0.2) is 36.4 Å². The van der Waals surface area contributed by atoms with Crippen molar-refractivity contribution in [3.63, 3.8) is 0 Å². The molecule has 2 aromatic carbocycles. The lowest BCUT2D eigenvalue weighted by molar-refractivity contribution is 0.102. The molecule has 0 spiro atoms. The molecular formula is C20H23NO2S. The Morgan fingerprint density at radius 3 is 2.62 bits per heavy atom. The van der Waals surface area contributed by atoms with Crippen LogP contribution in [0.1, 0.15) is 45.5 Å². The van der Waals surface area contributed by atoms with Gasteiger partial charge in [-0.2, -0.15) is 0 Å². The first kappa shape index (κ1) is 16.9. The number of aryl methyl sites for hydroxylation is 2. The average molecular weight is 341 g/mol. The van der Waals surface area contributed by atoms with Gasteiger partial charge in [0.15, 0.2) is 0 Å². The van der Waals surface area contributed by atoms with Gasteiger partial charge in [-0.1, -0.05) is 18.2 Å². The molecule has 0 saturated carbocycles. The average Bonchev–Trinajstić information content (AvgIpc) is 2.57. The number of carbonyl (C=O) groups is 1. The Morgan fingerprint density at radius 1 is 1.12 bits per heavy atom. The lowest BCUT2D eigenvalue weighted by Crippen LogP contribution is -2.15. The van der Waals surface area contributed by atoms with E-state index in [0.29, 0.717) is 11.3 Å². The van der Waals surface area contributed by atoms with E-state index < -0.39 is 10.8 Å². The largest absolute Gasteiger partial charge is 0.322 e. The maximum absolute atomic E-state index is 12.6. The van der Waals surface area contributed by atoms with Crippen LogP contribution >= 0.6 is 0 Å². The highest BCUT2D eigenvalue weighted by atomic mass is 32.2. The summed E-state index contributed by atoms with van der Waals surface area (Å²) >= 11 is 0. The molecule has 0 heterocycles. The first-order valence-corrected chi connectivity index (χ1v) is 10.1. The van der Waals surface area contributed by atoms with Crippen molar-refractivity contribution in [1.29, 1.82) is 0 Å². The molecule has 0 fully saturated rings. The summed E-state index contributed by atoms with van der Waals surface area (Å²) in [7, 11) is -0.898. The van der Waals surface area contributed by atoms with Crippen molar-refractivity contribution in [3.8, 4) is 0 Å². The number of benzene rings is 2. The molecule has 24 heavy (non-hydrogen) atoms. The lowest BCUT2D eigenvalue weighted by atomic mass is 9.90. The van der Waals surface area contributed by atoms with Gasteiger partial charge in [-0.05, 0) is 73.1 Å². The summed E-state index contributed by atoms with van der Waals surface area (Å²) in [6, 6.07) is 11.8. The fourth-order valence-electron chi connectivity index (χ4n) is 3.26. The van der Waals surface area contributed by atoms with Gasteiger partial charge < -0.3 is 5.32 Å². The van der Waals surface area contributed by atoms with E-state index >= 15 is 0 Å². The number of fused-ring (bicyclic) bond motifs is 1. The smallest absolute Gasteiger partial charge is 0.255 e. The quantitative estimate of drug-likeness (QED) is 0.913. The molecule has 0 saturated heterocycles. The fourth-order valence-corrected chi connectivity index (χ4v) is 4.01. The summed E-state index contributed by atoms with van der Waals surface area (Å²) in [5.74, 6) is 0.426. The van der Waals surface area contributed by atoms with Crippen LogP contribution in [0.2, 0.25) is 0 Å². The van der Waals surface area contributed by atoms with Crippen LogP contribution in [0.5, 0.6) is 0 Å². The third-order valence-corrected chi connectivity index (χ3v) is 5.38. The van der Waals surface area contributed by atoms with Crippen molar-refractivity contribution in [2.45, 2.75) is 38.4 Å². The van der Waals surface area contributed by atoms with Gasteiger partial charge >= 0.3 is 0 Å². The predicted octanol–water partition coefficient (Wildman–Crippen LogP) is 4.00. The summed E-state index contributed by atoms with van der Waals surface area (Å²) in [5, 5.41) is 3.01. The molecule has 1 amide bonds. The minimum atomic E-state index is -0.898. The van der Waals surface area contributed by atoms with Gasteiger partial charge in [0.1, 0.15) is 0 Å². The van der Waals surface area contributed by atoms with Crippen molar-refractivity contribution >= 4 is 22.4 Å². The molecule has 0 radical (unpaired) electrons. The second kappa shape index (κ2) is 7.31. The van der Waals surface area contributed by atoms with Gasteiger partial charge in [-0.15, -0.1) is 0 Å². The normalized spacial score (nSPS) is 14.8. The van der Waals surface area contributed by atoms with E-state index in [1.54, 1.807) is 6.26 Å². The molecule has 1 atom stereocenters. The molecule has 3 rings (SSSR count). The number of anilines is 1. The summed E-state index contributed by atoms with van der Waals surface area (Å²) in [6.45, 7) is 1.96. The van der Waals surface area contributed by atoms with Crippen LogP contribution in [0.3, 0.4) is 0 Å². The van der Waals surface area contributed by atoms with E-state index in [-0.39, 0.29) is 5.91 Å². The third kappa shape index (κ3) is 3.75. The highest BCUT2D eigenvalue weighted by Crippen LogP contribution is 2.24. The summed E-state index contributed by atoms with van der Waals surface area (Å²) in [5.41, 5.74) is 6.18. The SMILES string of the molecule is Cc1c(CS(C)=O)cccc1NC(=O)c1ccc2c(c1)CCCC2. The Morgan fingerprint density at radius 2 is 1.88 bits per heavy atom. The van der Waals surface area contributed by atoms with Gasteiger partial charge in [0.25, 0.3) is 5.91 Å². The maximum atomic E-state index is 12.6. The Kier molecular flexibility index (Phi) is 5.14. The number of hydrogen-bond acceptors (Lipinski definition) is 2. The first-order chi connectivity index (χ1) is 11.5. The minimum absolute atomic E-state index is 0.0822. The Bertz CT molecular complexity index is 798. The molecule has 0 aliphatic heterocycles. The molecule has 126 valence electrons. The highest BCUT2D eigenvalue weighted by molar-refractivity contribution is 7.83. The van der Waals surface area contributed by atoms with Crippen molar-refractivity contribution < 1.29 is 9.00 Å². The van der Waals surface area contributed by atoms with Crippen molar-refractivity contribution in [3.05, 3.63) is 64.2 Å². The molecule has 1 unspecified atom stereocenters.